The van der Waals surface area contributed by atoms with Crippen LogP contribution in [0.15, 0.2) is 77.4 Å². The Morgan fingerprint density at radius 1 is 0.974 bits per heavy atom. The van der Waals surface area contributed by atoms with Gasteiger partial charge in [-0.25, -0.2) is 4.68 Å². The summed E-state index contributed by atoms with van der Waals surface area (Å²) in [4.78, 5) is 2.23. The minimum absolute atomic E-state index is 0.215. The average Bonchev–Trinajstić information content (AvgIpc) is 3.53. The molecule has 4 aromatic rings. The summed E-state index contributed by atoms with van der Waals surface area (Å²) in [5, 5.41) is 15.6. The van der Waals surface area contributed by atoms with Gasteiger partial charge in [-0.1, -0.05) is 32.0 Å². The fourth-order valence-electron chi connectivity index (χ4n) is 4.31. The molecule has 4 rings (SSSR count). The molecule has 202 valence electrons. The van der Waals surface area contributed by atoms with E-state index in [4.69, 9.17) is 23.7 Å². The van der Waals surface area contributed by atoms with Gasteiger partial charge in [0.2, 0.25) is 5.88 Å². The van der Waals surface area contributed by atoms with Crippen molar-refractivity contribution in [3.05, 3.63) is 90.0 Å². The van der Waals surface area contributed by atoms with Gasteiger partial charge in [0, 0.05) is 19.6 Å². The quantitative estimate of drug-likeness (QED) is 0.232. The van der Waals surface area contributed by atoms with Crippen LogP contribution in [0.3, 0.4) is 0 Å². The van der Waals surface area contributed by atoms with Crippen LogP contribution in [0.2, 0.25) is 0 Å². The van der Waals surface area contributed by atoms with Crippen LogP contribution in [-0.2, 0) is 17.9 Å². The van der Waals surface area contributed by atoms with Crippen molar-refractivity contribution in [2.75, 3.05) is 26.8 Å². The standard InChI is InChI=1S/C30H37N3O5/c1-22(2)17-32(18-25(34)20-36-21-28-11-8-16-37-28)19-29-23(3)31-33(24-9-6-5-7-10-24)30(29)38-27-14-12-26(35-4)13-15-27/h5-16,22,25,34H,17-21H2,1-4H3/t25-/m1/s1. The number of benzene rings is 2. The maximum Gasteiger partial charge on any atom is 0.227 e. The molecule has 0 aliphatic heterocycles. The summed E-state index contributed by atoms with van der Waals surface area (Å²) >= 11 is 0. The van der Waals surface area contributed by atoms with Gasteiger partial charge in [0.15, 0.2) is 0 Å². The first-order valence-electron chi connectivity index (χ1n) is 12.9. The molecule has 8 heteroatoms. The zero-order valence-corrected chi connectivity index (χ0v) is 22.5. The van der Waals surface area contributed by atoms with Crippen LogP contribution in [0.4, 0.5) is 0 Å². The van der Waals surface area contributed by atoms with E-state index >= 15 is 0 Å². The van der Waals surface area contributed by atoms with E-state index in [9.17, 15) is 5.11 Å². The second-order valence-electron chi connectivity index (χ2n) is 9.73. The van der Waals surface area contributed by atoms with E-state index in [0.717, 1.165) is 35.0 Å². The van der Waals surface area contributed by atoms with Gasteiger partial charge in [0.05, 0.1) is 43.0 Å². The summed E-state index contributed by atoms with van der Waals surface area (Å²) in [5.74, 6) is 3.24. The van der Waals surface area contributed by atoms with E-state index in [2.05, 4.69) is 18.7 Å². The molecule has 0 radical (unpaired) electrons. The third kappa shape index (κ3) is 7.47. The fraction of sp³-hybridized carbons (Fsp3) is 0.367. The second-order valence-corrected chi connectivity index (χ2v) is 9.73. The predicted octanol–water partition coefficient (Wildman–Crippen LogP) is 5.61. The highest BCUT2D eigenvalue weighted by Crippen LogP contribution is 2.32. The molecule has 0 aliphatic carbocycles. The third-order valence-electron chi connectivity index (χ3n) is 6.02. The summed E-state index contributed by atoms with van der Waals surface area (Å²) in [5.41, 5.74) is 2.75. The van der Waals surface area contributed by atoms with E-state index in [0.29, 0.717) is 37.2 Å². The molecule has 0 bridgehead atoms. The van der Waals surface area contributed by atoms with Crippen LogP contribution in [0.5, 0.6) is 17.4 Å². The lowest BCUT2D eigenvalue weighted by Gasteiger charge is -2.27. The number of hydrogen-bond donors (Lipinski definition) is 1. The maximum atomic E-state index is 10.8. The molecular weight excluding hydrogens is 482 g/mol. The van der Waals surface area contributed by atoms with Gasteiger partial charge in [-0.2, -0.15) is 5.10 Å². The van der Waals surface area contributed by atoms with Crippen molar-refractivity contribution >= 4 is 0 Å². The number of aryl methyl sites for hydroxylation is 1. The fourth-order valence-corrected chi connectivity index (χ4v) is 4.31. The molecule has 0 saturated carbocycles. The first kappa shape index (κ1) is 27.4. The highest BCUT2D eigenvalue weighted by molar-refractivity contribution is 5.44. The Labute approximate surface area is 224 Å². The smallest absolute Gasteiger partial charge is 0.227 e. The number of aliphatic hydroxyl groups excluding tert-OH is 1. The molecule has 0 saturated heterocycles. The minimum atomic E-state index is -0.654. The Hall–Kier alpha value is -3.59. The third-order valence-corrected chi connectivity index (χ3v) is 6.02. The molecule has 2 heterocycles. The summed E-state index contributed by atoms with van der Waals surface area (Å²) in [6.45, 7) is 8.69. The van der Waals surface area contributed by atoms with Gasteiger partial charge in [-0.3, -0.25) is 4.90 Å². The lowest BCUT2D eigenvalue weighted by atomic mass is 10.1. The number of rotatable bonds is 14. The molecule has 8 nitrogen and oxygen atoms in total. The molecule has 2 aromatic heterocycles. The molecule has 38 heavy (non-hydrogen) atoms. The number of hydrogen-bond acceptors (Lipinski definition) is 7. The van der Waals surface area contributed by atoms with Gasteiger partial charge < -0.3 is 23.7 Å². The van der Waals surface area contributed by atoms with Crippen LogP contribution >= 0.6 is 0 Å². The number of ether oxygens (including phenoxy) is 3. The van der Waals surface area contributed by atoms with Crippen molar-refractivity contribution in [2.45, 2.75) is 40.0 Å². The first-order valence-corrected chi connectivity index (χ1v) is 12.9. The number of aliphatic hydroxyl groups is 1. The summed E-state index contributed by atoms with van der Waals surface area (Å²) in [7, 11) is 1.64. The zero-order valence-electron chi connectivity index (χ0n) is 22.5. The molecular formula is C30H37N3O5. The summed E-state index contributed by atoms with van der Waals surface area (Å²) in [6.07, 6.45) is 0.961. The summed E-state index contributed by atoms with van der Waals surface area (Å²) in [6, 6.07) is 21.1. The van der Waals surface area contributed by atoms with E-state index in [-0.39, 0.29) is 6.61 Å². The van der Waals surface area contributed by atoms with Crippen molar-refractivity contribution in [2.24, 2.45) is 5.92 Å². The van der Waals surface area contributed by atoms with Crippen molar-refractivity contribution in [1.82, 2.24) is 14.7 Å². The number of para-hydroxylation sites is 1. The Morgan fingerprint density at radius 2 is 1.71 bits per heavy atom. The van der Waals surface area contributed by atoms with Crippen molar-refractivity contribution in [3.8, 4) is 23.1 Å². The molecule has 0 fully saturated rings. The predicted molar refractivity (Wildman–Crippen MR) is 146 cm³/mol. The molecule has 1 atom stereocenters. The molecule has 1 N–H and O–H groups in total. The van der Waals surface area contributed by atoms with E-state index in [1.165, 1.54) is 0 Å². The van der Waals surface area contributed by atoms with E-state index < -0.39 is 6.10 Å². The van der Waals surface area contributed by atoms with Gasteiger partial charge >= 0.3 is 0 Å². The maximum absolute atomic E-state index is 10.8. The van der Waals surface area contributed by atoms with Gasteiger partial charge in [0.25, 0.3) is 0 Å². The van der Waals surface area contributed by atoms with E-state index in [1.807, 2.05) is 78.3 Å². The van der Waals surface area contributed by atoms with Crippen LogP contribution in [0.25, 0.3) is 5.69 Å². The van der Waals surface area contributed by atoms with E-state index in [1.54, 1.807) is 13.4 Å². The van der Waals surface area contributed by atoms with Crippen LogP contribution in [0.1, 0.15) is 30.9 Å². The number of furan rings is 1. The molecule has 2 aromatic carbocycles. The van der Waals surface area contributed by atoms with Crippen molar-refractivity contribution < 1.29 is 23.7 Å². The largest absolute Gasteiger partial charge is 0.497 e. The van der Waals surface area contributed by atoms with Crippen molar-refractivity contribution in [1.29, 1.82) is 0 Å². The average molecular weight is 520 g/mol. The lowest BCUT2D eigenvalue weighted by molar-refractivity contribution is 0.00212. The minimum Gasteiger partial charge on any atom is -0.497 e. The topological polar surface area (TPSA) is 82.1 Å². The summed E-state index contributed by atoms with van der Waals surface area (Å²) < 4.78 is 24.6. The monoisotopic (exact) mass is 519 g/mol. The Balaban J connectivity index is 1.56. The lowest BCUT2D eigenvalue weighted by Crippen LogP contribution is -2.37. The number of methoxy groups -OCH3 is 1. The zero-order chi connectivity index (χ0) is 26.9. The first-order chi connectivity index (χ1) is 18.4. The Kier molecular flexibility index (Phi) is 9.59. The number of aromatic nitrogens is 2. The molecule has 0 spiro atoms. The van der Waals surface area contributed by atoms with Crippen LogP contribution < -0.4 is 9.47 Å². The SMILES string of the molecule is COc1ccc(Oc2c(CN(CC(C)C)C[C@@H](O)COCc3ccco3)c(C)nn2-c2ccccc2)cc1. The highest BCUT2D eigenvalue weighted by atomic mass is 16.5. The Bertz CT molecular complexity index is 1240. The molecule has 0 aliphatic rings. The second kappa shape index (κ2) is 13.3. The van der Waals surface area contributed by atoms with Gasteiger partial charge in [-0.15, -0.1) is 0 Å². The Morgan fingerprint density at radius 3 is 2.37 bits per heavy atom. The van der Waals surface area contributed by atoms with Crippen LogP contribution in [0, 0.1) is 12.8 Å². The van der Waals surface area contributed by atoms with Crippen LogP contribution in [-0.4, -0.2) is 52.7 Å². The number of nitrogens with zero attached hydrogens (tertiary/aromatic N) is 3. The van der Waals surface area contributed by atoms with Gasteiger partial charge in [-0.05, 0) is 61.4 Å². The molecule has 0 amide bonds. The van der Waals surface area contributed by atoms with Crippen molar-refractivity contribution in [3.63, 3.8) is 0 Å². The molecule has 0 unspecified atom stereocenters. The normalized spacial score (nSPS) is 12.3. The van der Waals surface area contributed by atoms with Gasteiger partial charge in [0.1, 0.15) is 23.9 Å². The highest BCUT2D eigenvalue weighted by Gasteiger charge is 2.23.